The molecule has 2 amide bonds. The molecule has 4 heterocycles. The molecule has 7 nitrogen and oxygen atoms in total. The van der Waals surface area contributed by atoms with Gasteiger partial charge in [-0.3, -0.25) is 14.6 Å². The molecule has 0 bridgehead atoms. The highest BCUT2D eigenvalue weighted by Crippen LogP contribution is 2.39. The van der Waals surface area contributed by atoms with Crippen LogP contribution in [0.15, 0.2) is 30.9 Å². The highest BCUT2D eigenvalue weighted by Gasteiger charge is 2.43. The van der Waals surface area contributed by atoms with Crippen molar-refractivity contribution in [3.05, 3.63) is 47.8 Å². The van der Waals surface area contributed by atoms with Gasteiger partial charge in [0.2, 0.25) is 5.91 Å². The summed E-state index contributed by atoms with van der Waals surface area (Å²) in [5, 5.41) is 0. The maximum absolute atomic E-state index is 12.9. The summed E-state index contributed by atoms with van der Waals surface area (Å²) in [6.45, 7) is 4.60. The Hall–Kier alpha value is -2.70. The van der Waals surface area contributed by atoms with Crippen LogP contribution in [0.4, 0.5) is 0 Å². The lowest BCUT2D eigenvalue weighted by atomic mass is 9.73. The zero-order chi connectivity index (χ0) is 18.9. The van der Waals surface area contributed by atoms with Crippen molar-refractivity contribution in [1.82, 2.24) is 24.8 Å². The highest BCUT2D eigenvalue weighted by atomic mass is 16.2. The summed E-state index contributed by atoms with van der Waals surface area (Å²) in [4.78, 5) is 40.6. The van der Waals surface area contributed by atoms with E-state index in [0.29, 0.717) is 31.7 Å². The van der Waals surface area contributed by atoms with E-state index in [1.54, 1.807) is 12.5 Å². The number of piperidine rings is 2. The second-order valence-corrected chi connectivity index (χ2v) is 7.82. The maximum Gasteiger partial charge on any atom is 0.274 e. The molecule has 0 aliphatic carbocycles. The number of pyridine rings is 1. The molecular weight excluding hydrogens is 342 g/mol. The lowest BCUT2D eigenvalue weighted by molar-refractivity contribution is -0.139. The molecule has 2 saturated heterocycles. The summed E-state index contributed by atoms with van der Waals surface area (Å²) < 4.78 is 0. The molecule has 1 atom stereocenters. The summed E-state index contributed by atoms with van der Waals surface area (Å²) in [6.07, 6.45) is 8.52. The van der Waals surface area contributed by atoms with Crippen molar-refractivity contribution >= 4 is 11.8 Å². The first-order valence-electron chi connectivity index (χ1n) is 9.52. The molecule has 1 spiro atoms. The molecule has 2 aromatic heterocycles. The molecule has 1 N–H and O–H groups in total. The molecule has 27 heavy (non-hydrogen) atoms. The Morgan fingerprint density at radius 1 is 1.33 bits per heavy atom. The summed E-state index contributed by atoms with van der Waals surface area (Å²) >= 11 is 0. The third kappa shape index (κ3) is 3.59. The molecule has 0 unspecified atom stereocenters. The van der Waals surface area contributed by atoms with Crippen molar-refractivity contribution in [2.75, 3.05) is 19.6 Å². The quantitative estimate of drug-likeness (QED) is 0.901. The van der Waals surface area contributed by atoms with E-state index in [1.165, 1.54) is 0 Å². The fourth-order valence-electron chi connectivity index (χ4n) is 4.40. The van der Waals surface area contributed by atoms with E-state index in [0.717, 1.165) is 37.1 Å². The maximum atomic E-state index is 12.9. The van der Waals surface area contributed by atoms with Gasteiger partial charge >= 0.3 is 0 Å². The van der Waals surface area contributed by atoms with Gasteiger partial charge in [-0.05, 0) is 37.8 Å². The third-order valence-corrected chi connectivity index (χ3v) is 5.83. The SMILES string of the molecule is Cc1[nH]cnc1C(=O)N1CCC[C@@]2(CCC(=O)N(Cc3cccnc3)C2)C1. The van der Waals surface area contributed by atoms with Gasteiger partial charge in [-0.25, -0.2) is 4.98 Å². The van der Waals surface area contributed by atoms with E-state index in [9.17, 15) is 9.59 Å². The molecule has 0 aromatic carbocycles. The summed E-state index contributed by atoms with van der Waals surface area (Å²) in [6, 6.07) is 3.89. The van der Waals surface area contributed by atoms with E-state index in [4.69, 9.17) is 0 Å². The average molecular weight is 367 g/mol. The lowest BCUT2D eigenvalue weighted by Gasteiger charge is -2.48. The Bertz CT molecular complexity index is 834. The van der Waals surface area contributed by atoms with Crippen molar-refractivity contribution < 1.29 is 9.59 Å². The van der Waals surface area contributed by atoms with Gasteiger partial charge in [0.05, 0.1) is 6.33 Å². The number of rotatable bonds is 3. The normalized spacial score (nSPS) is 23.1. The summed E-state index contributed by atoms with van der Waals surface area (Å²) in [5.41, 5.74) is 2.33. The van der Waals surface area contributed by atoms with Gasteiger partial charge in [0.25, 0.3) is 5.91 Å². The second-order valence-electron chi connectivity index (χ2n) is 7.82. The molecule has 7 heteroatoms. The first-order chi connectivity index (χ1) is 13.1. The molecule has 2 aliphatic heterocycles. The number of aromatic amines is 1. The van der Waals surface area contributed by atoms with E-state index in [1.807, 2.05) is 35.1 Å². The predicted molar refractivity (Wildman–Crippen MR) is 99.8 cm³/mol. The van der Waals surface area contributed by atoms with Crippen LogP contribution in [0.1, 0.15) is 47.4 Å². The number of amides is 2. The third-order valence-electron chi connectivity index (χ3n) is 5.83. The Balaban J connectivity index is 1.49. The van der Waals surface area contributed by atoms with Crippen LogP contribution in [-0.4, -0.2) is 56.2 Å². The van der Waals surface area contributed by atoms with Crippen LogP contribution in [0.3, 0.4) is 0 Å². The fraction of sp³-hybridized carbons (Fsp3) is 0.500. The summed E-state index contributed by atoms with van der Waals surface area (Å²) in [7, 11) is 0. The van der Waals surface area contributed by atoms with Crippen molar-refractivity contribution in [2.24, 2.45) is 5.41 Å². The molecule has 142 valence electrons. The van der Waals surface area contributed by atoms with Crippen LogP contribution < -0.4 is 0 Å². The number of hydrogen-bond donors (Lipinski definition) is 1. The number of likely N-dealkylation sites (tertiary alicyclic amines) is 2. The monoisotopic (exact) mass is 367 g/mol. The van der Waals surface area contributed by atoms with Crippen molar-refractivity contribution in [2.45, 2.75) is 39.2 Å². The topological polar surface area (TPSA) is 82.2 Å². The van der Waals surface area contributed by atoms with Crippen LogP contribution >= 0.6 is 0 Å². The largest absolute Gasteiger partial charge is 0.348 e. The highest BCUT2D eigenvalue weighted by molar-refractivity contribution is 5.93. The van der Waals surface area contributed by atoms with Crippen LogP contribution in [0.2, 0.25) is 0 Å². The Labute approximate surface area is 158 Å². The van der Waals surface area contributed by atoms with Gasteiger partial charge in [-0.1, -0.05) is 6.07 Å². The zero-order valence-electron chi connectivity index (χ0n) is 15.6. The van der Waals surface area contributed by atoms with Crippen molar-refractivity contribution in [1.29, 1.82) is 0 Å². The van der Waals surface area contributed by atoms with E-state index in [2.05, 4.69) is 15.0 Å². The van der Waals surface area contributed by atoms with Gasteiger partial charge in [-0.15, -0.1) is 0 Å². The first kappa shape index (κ1) is 17.7. The predicted octanol–water partition coefficient (Wildman–Crippen LogP) is 2.16. The first-order valence-corrected chi connectivity index (χ1v) is 9.52. The van der Waals surface area contributed by atoms with Crippen LogP contribution in [0.25, 0.3) is 0 Å². The van der Waals surface area contributed by atoms with Gasteiger partial charge < -0.3 is 14.8 Å². The number of carbonyl (C=O) groups excluding carboxylic acids is 2. The van der Waals surface area contributed by atoms with Crippen LogP contribution in [0, 0.1) is 12.3 Å². The fourth-order valence-corrected chi connectivity index (χ4v) is 4.40. The number of nitrogens with zero attached hydrogens (tertiary/aromatic N) is 4. The summed E-state index contributed by atoms with van der Waals surface area (Å²) in [5.74, 6) is 0.180. The van der Waals surface area contributed by atoms with E-state index >= 15 is 0 Å². The molecule has 0 radical (unpaired) electrons. The second kappa shape index (κ2) is 7.13. The number of aromatic nitrogens is 3. The Morgan fingerprint density at radius 3 is 2.96 bits per heavy atom. The minimum absolute atomic E-state index is 0.0106. The van der Waals surface area contributed by atoms with E-state index < -0.39 is 0 Å². The number of aryl methyl sites for hydroxylation is 1. The smallest absolute Gasteiger partial charge is 0.274 e. The van der Waals surface area contributed by atoms with Crippen LogP contribution in [-0.2, 0) is 11.3 Å². The van der Waals surface area contributed by atoms with Gasteiger partial charge in [0.15, 0.2) is 0 Å². The molecule has 2 fully saturated rings. The Kier molecular flexibility index (Phi) is 4.68. The average Bonchev–Trinajstić information content (AvgIpc) is 3.11. The number of carbonyl (C=O) groups is 2. The molecule has 0 saturated carbocycles. The van der Waals surface area contributed by atoms with E-state index in [-0.39, 0.29) is 17.2 Å². The Morgan fingerprint density at radius 2 is 2.22 bits per heavy atom. The van der Waals surface area contributed by atoms with Gasteiger partial charge in [0.1, 0.15) is 5.69 Å². The molecule has 4 rings (SSSR count). The van der Waals surface area contributed by atoms with Gasteiger partial charge in [-0.2, -0.15) is 0 Å². The minimum Gasteiger partial charge on any atom is -0.348 e. The number of hydrogen-bond acceptors (Lipinski definition) is 4. The van der Waals surface area contributed by atoms with Crippen LogP contribution in [0.5, 0.6) is 0 Å². The van der Waals surface area contributed by atoms with Gasteiger partial charge in [0, 0.05) is 56.1 Å². The molecule has 2 aromatic rings. The lowest BCUT2D eigenvalue weighted by Crippen LogP contribution is -2.54. The standard InChI is InChI=1S/C20H25N5O2/c1-15-18(23-14-22-15)19(27)24-9-3-6-20(12-24)7-5-17(26)25(13-20)11-16-4-2-8-21-10-16/h2,4,8,10,14H,3,5-7,9,11-13H2,1H3,(H,22,23)/t20-/m1/s1. The minimum atomic E-state index is -0.0196. The van der Waals surface area contributed by atoms with Crippen molar-refractivity contribution in [3.63, 3.8) is 0 Å². The number of imidazole rings is 1. The number of H-pyrrole nitrogens is 1. The molecular formula is C20H25N5O2. The van der Waals surface area contributed by atoms with Crippen molar-refractivity contribution in [3.8, 4) is 0 Å². The number of nitrogens with one attached hydrogen (secondary N) is 1. The molecule has 2 aliphatic rings. The zero-order valence-corrected chi connectivity index (χ0v) is 15.6.